The molecule has 3 aromatic rings. The Bertz CT molecular complexity index is 1030. The molecule has 1 amide bonds. The lowest BCUT2D eigenvalue weighted by Crippen LogP contribution is -2.36. The molecule has 2 aromatic carbocycles. The number of anilines is 1. The zero-order valence-corrected chi connectivity index (χ0v) is 17.6. The number of methoxy groups -OCH3 is 1. The number of rotatable bonds is 7. The van der Waals surface area contributed by atoms with Crippen molar-refractivity contribution in [2.24, 2.45) is 0 Å². The Morgan fingerprint density at radius 3 is 2.71 bits per heavy atom. The predicted molar refractivity (Wildman–Crippen MR) is 117 cm³/mol. The highest BCUT2D eigenvalue weighted by molar-refractivity contribution is 5.93. The zero-order chi connectivity index (χ0) is 21.6. The summed E-state index contributed by atoms with van der Waals surface area (Å²) in [5.74, 6) is -0.480. The Morgan fingerprint density at radius 1 is 1.19 bits per heavy atom. The van der Waals surface area contributed by atoms with Gasteiger partial charge < -0.3 is 19.7 Å². The van der Waals surface area contributed by atoms with Crippen molar-refractivity contribution in [3.63, 3.8) is 0 Å². The van der Waals surface area contributed by atoms with Crippen LogP contribution in [-0.4, -0.2) is 55.5 Å². The van der Waals surface area contributed by atoms with Crippen LogP contribution in [0.15, 0.2) is 42.5 Å². The largest absolute Gasteiger partial charge is 0.468 e. The number of ether oxygens (including phenoxy) is 2. The van der Waals surface area contributed by atoms with Crippen molar-refractivity contribution in [3.05, 3.63) is 53.8 Å². The fraction of sp³-hybridized carbons (Fsp3) is 0.391. The van der Waals surface area contributed by atoms with Gasteiger partial charge in [-0.3, -0.25) is 0 Å². The molecule has 0 saturated carbocycles. The maximum Gasteiger partial charge on any atom is 0.330 e. The number of carbonyl (C=O) groups excluding carboxylic acids is 1. The molecule has 1 aliphatic heterocycles. The van der Waals surface area contributed by atoms with E-state index in [4.69, 9.17) is 9.47 Å². The average molecular weight is 426 g/mol. The van der Waals surface area contributed by atoms with Crippen molar-refractivity contribution >= 4 is 22.8 Å². The van der Waals surface area contributed by atoms with Crippen LogP contribution in [0, 0.1) is 5.82 Å². The van der Waals surface area contributed by atoms with E-state index < -0.39 is 5.82 Å². The van der Waals surface area contributed by atoms with E-state index in [2.05, 4.69) is 22.4 Å². The number of benzene rings is 2. The normalized spacial score (nSPS) is 14.1. The molecule has 1 fully saturated rings. The number of imidazole rings is 1. The highest BCUT2D eigenvalue weighted by Gasteiger charge is 2.22. The van der Waals surface area contributed by atoms with Crippen molar-refractivity contribution in [3.8, 4) is 6.01 Å². The molecule has 4 rings (SSSR count). The summed E-state index contributed by atoms with van der Waals surface area (Å²) in [6, 6.07) is 13.2. The first kappa shape index (κ1) is 21.1. The number of morpholine rings is 1. The van der Waals surface area contributed by atoms with Crippen LogP contribution in [0.2, 0.25) is 0 Å². The Labute approximate surface area is 180 Å². The van der Waals surface area contributed by atoms with E-state index in [9.17, 15) is 9.18 Å². The number of aryl methyl sites for hydroxylation is 1. The van der Waals surface area contributed by atoms with Crippen LogP contribution in [0.5, 0.6) is 6.01 Å². The summed E-state index contributed by atoms with van der Waals surface area (Å²) in [5.41, 5.74) is 2.49. The van der Waals surface area contributed by atoms with Crippen LogP contribution in [0.25, 0.3) is 11.0 Å². The zero-order valence-electron chi connectivity index (χ0n) is 17.6. The molecule has 0 atom stereocenters. The van der Waals surface area contributed by atoms with Crippen LogP contribution < -0.4 is 15.0 Å². The Morgan fingerprint density at radius 2 is 1.97 bits per heavy atom. The fourth-order valence-electron chi connectivity index (χ4n) is 3.81. The maximum absolute atomic E-state index is 14.8. The number of hydrogen-bond acceptors (Lipinski definition) is 5. The summed E-state index contributed by atoms with van der Waals surface area (Å²) < 4.78 is 26.7. The highest BCUT2D eigenvalue weighted by atomic mass is 19.1. The molecule has 1 aromatic heterocycles. The summed E-state index contributed by atoms with van der Waals surface area (Å²) in [6.45, 7) is 3.03. The van der Waals surface area contributed by atoms with E-state index in [0.29, 0.717) is 44.1 Å². The Kier molecular flexibility index (Phi) is 6.66. The Balaban J connectivity index is 1.47. The summed E-state index contributed by atoms with van der Waals surface area (Å²) in [4.78, 5) is 19.1. The monoisotopic (exact) mass is 426 g/mol. The molecule has 0 radical (unpaired) electrons. The van der Waals surface area contributed by atoms with Crippen molar-refractivity contribution in [1.29, 1.82) is 0 Å². The highest BCUT2D eigenvalue weighted by Crippen LogP contribution is 2.29. The molecule has 164 valence electrons. The van der Waals surface area contributed by atoms with Crippen molar-refractivity contribution in [2.45, 2.75) is 19.3 Å². The van der Waals surface area contributed by atoms with E-state index in [0.717, 1.165) is 19.3 Å². The first-order chi connectivity index (χ1) is 15.2. The van der Waals surface area contributed by atoms with E-state index in [-0.39, 0.29) is 17.6 Å². The van der Waals surface area contributed by atoms with E-state index in [1.54, 1.807) is 6.07 Å². The van der Waals surface area contributed by atoms with Gasteiger partial charge in [-0.15, -0.1) is 0 Å². The van der Waals surface area contributed by atoms with Gasteiger partial charge in [-0.1, -0.05) is 30.3 Å². The molecule has 8 heteroatoms. The van der Waals surface area contributed by atoms with Crippen LogP contribution in [0.3, 0.4) is 0 Å². The third kappa shape index (κ3) is 4.80. The van der Waals surface area contributed by atoms with Gasteiger partial charge in [0.25, 0.3) is 0 Å². The van der Waals surface area contributed by atoms with Gasteiger partial charge in [-0.05, 0) is 37.0 Å². The first-order valence-corrected chi connectivity index (χ1v) is 10.6. The number of carbonyl (C=O) groups is 1. The van der Waals surface area contributed by atoms with Crippen LogP contribution in [0.1, 0.15) is 18.4 Å². The van der Waals surface area contributed by atoms with Gasteiger partial charge in [0.15, 0.2) is 5.82 Å². The summed E-state index contributed by atoms with van der Waals surface area (Å²) >= 11 is 0. The van der Waals surface area contributed by atoms with Crippen LogP contribution in [0.4, 0.5) is 14.9 Å². The molecule has 0 bridgehead atoms. The molecule has 1 saturated heterocycles. The van der Waals surface area contributed by atoms with Crippen LogP contribution in [-0.2, 0) is 11.2 Å². The molecule has 31 heavy (non-hydrogen) atoms. The van der Waals surface area contributed by atoms with Gasteiger partial charge in [0, 0.05) is 25.3 Å². The van der Waals surface area contributed by atoms with Gasteiger partial charge in [-0.25, -0.2) is 13.8 Å². The van der Waals surface area contributed by atoms with Gasteiger partial charge >= 0.3 is 12.0 Å². The van der Waals surface area contributed by atoms with Gasteiger partial charge in [0.1, 0.15) is 5.52 Å². The molecule has 0 aliphatic carbocycles. The second kappa shape index (κ2) is 9.78. The number of aromatic nitrogens is 2. The molecule has 7 nitrogen and oxygen atoms in total. The SMILES string of the molecule is COc1nc2c(F)cc(N3CCOCC3)cc2n1C(=O)NCCCCc1ccccc1. The molecule has 1 aliphatic rings. The second-order valence-electron chi connectivity index (χ2n) is 7.50. The lowest BCUT2D eigenvalue weighted by molar-refractivity contribution is 0.122. The summed E-state index contributed by atoms with van der Waals surface area (Å²) in [5, 5.41) is 2.90. The third-order valence-electron chi connectivity index (χ3n) is 5.44. The van der Waals surface area contributed by atoms with E-state index in [1.165, 1.54) is 23.3 Å². The predicted octanol–water partition coefficient (Wildman–Crippen LogP) is 3.60. The van der Waals surface area contributed by atoms with E-state index in [1.807, 2.05) is 23.1 Å². The molecule has 0 spiro atoms. The summed E-state index contributed by atoms with van der Waals surface area (Å²) in [7, 11) is 1.42. The maximum atomic E-state index is 14.8. The lowest BCUT2D eigenvalue weighted by atomic mass is 10.1. The van der Waals surface area contributed by atoms with Crippen LogP contribution >= 0.6 is 0 Å². The number of nitrogens with one attached hydrogen (secondary N) is 1. The van der Waals surface area contributed by atoms with E-state index >= 15 is 0 Å². The first-order valence-electron chi connectivity index (χ1n) is 10.6. The second-order valence-corrected chi connectivity index (χ2v) is 7.50. The number of amides is 1. The number of nitrogens with zero attached hydrogens (tertiary/aromatic N) is 3. The number of hydrogen-bond donors (Lipinski definition) is 1. The minimum Gasteiger partial charge on any atom is -0.468 e. The molecular formula is C23H27FN4O3. The fourth-order valence-corrected chi connectivity index (χ4v) is 3.81. The number of unbranched alkanes of at least 4 members (excludes halogenated alkanes) is 1. The topological polar surface area (TPSA) is 68.6 Å². The van der Waals surface area contributed by atoms with Gasteiger partial charge in [0.05, 0.1) is 25.8 Å². The Hall–Kier alpha value is -3.13. The molecular weight excluding hydrogens is 399 g/mol. The van der Waals surface area contributed by atoms with Gasteiger partial charge in [0.2, 0.25) is 0 Å². The third-order valence-corrected chi connectivity index (χ3v) is 5.44. The lowest BCUT2D eigenvalue weighted by Gasteiger charge is -2.28. The summed E-state index contributed by atoms with van der Waals surface area (Å²) in [6.07, 6.45) is 2.76. The number of fused-ring (bicyclic) bond motifs is 1. The molecule has 0 unspecified atom stereocenters. The van der Waals surface area contributed by atoms with Crippen molar-refractivity contribution in [2.75, 3.05) is 44.9 Å². The van der Waals surface area contributed by atoms with Crippen molar-refractivity contribution < 1.29 is 18.7 Å². The van der Waals surface area contributed by atoms with Crippen molar-refractivity contribution in [1.82, 2.24) is 14.9 Å². The minimum absolute atomic E-state index is 0.0646. The quantitative estimate of drug-likeness (QED) is 0.585. The average Bonchev–Trinajstić information content (AvgIpc) is 3.19. The smallest absolute Gasteiger partial charge is 0.330 e. The molecule has 2 heterocycles. The minimum atomic E-state index is -0.480. The standard InChI is InChI=1S/C23H27FN4O3/c1-30-23-26-21-19(24)15-18(27-11-13-31-14-12-27)16-20(21)28(23)22(29)25-10-6-5-9-17-7-3-2-4-8-17/h2-4,7-8,15-16H,5-6,9-14H2,1H3,(H,25,29). The van der Waals surface area contributed by atoms with Gasteiger partial charge in [-0.2, -0.15) is 4.98 Å². The number of halogens is 1. The molecule has 1 N–H and O–H groups in total.